The Morgan fingerprint density at radius 2 is 1.79 bits per heavy atom. The molecule has 5 nitrogen and oxygen atoms in total. The molecule has 0 saturated carbocycles. The number of hydrogen-bond acceptors (Lipinski definition) is 3. The SMILES string of the molecule is O=C(O)C=Cc1ccc(C(=O)N2CCOCC2)cc1. The quantitative estimate of drug-likeness (QED) is 0.832. The Labute approximate surface area is 111 Å². The molecular weight excluding hydrogens is 246 g/mol. The Kier molecular flexibility index (Phi) is 4.30. The highest BCUT2D eigenvalue weighted by Gasteiger charge is 2.17. The number of morpholine rings is 1. The average Bonchev–Trinajstić information content (AvgIpc) is 2.46. The third-order valence-corrected chi connectivity index (χ3v) is 2.87. The molecule has 0 spiro atoms. The van der Waals surface area contributed by atoms with Gasteiger partial charge in [-0.2, -0.15) is 0 Å². The second-order valence-electron chi connectivity index (χ2n) is 4.20. The van der Waals surface area contributed by atoms with Crippen LogP contribution in [0.15, 0.2) is 30.3 Å². The van der Waals surface area contributed by atoms with Gasteiger partial charge >= 0.3 is 5.97 Å². The molecule has 1 saturated heterocycles. The van der Waals surface area contributed by atoms with E-state index in [0.29, 0.717) is 31.9 Å². The number of nitrogens with zero attached hydrogens (tertiary/aromatic N) is 1. The zero-order valence-corrected chi connectivity index (χ0v) is 10.4. The smallest absolute Gasteiger partial charge is 0.328 e. The summed E-state index contributed by atoms with van der Waals surface area (Å²) in [7, 11) is 0. The largest absolute Gasteiger partial charge is 0.478 e. The maximum absolute atomic E-state index is 12.1. The van der Waals surface area contributed by atoms with Crippen LogP contribution in [0, 0.1) is 0 Å². The number of carboxylic acid groups (broad SMARTS) is 1. The van der Waals surface area contributed by atoms with E-state index in [1.54, 1.807) is 29.2 Å². The third kappa shape index (κ3) is 3.66. The number of rotatable bonds is 3. The van der Waals surface area contributed by atoms with Crippen LogP contribution in [-0.2, 0) is 9.53 Å². The van der Waals surface area contributed by atoms with Crippen molar-refractivity contribution in [1.29, 1.82) is 0 Å². The van der Waals surface area contributed by atoms with Crippen molar-refractivity contribution in [2.24, 2.45) is 0 Å². The van der Waals surface area contributed by atoms with Crippen molar-refractivity contribution in [2.45, 2.75) is 0 Å². The molecule has 1 aliphatic heterocycles. The molecule has 1 amide bonds. The predicted molar refractivity (Wildman–Crippen MR) is 69.8 cm³/mol. The van der Waals surface area contributed by atoms with E-state index in [0.717, 1.165) is 11.6 Å². The molecule has 1 heterocycles. The fourth-order valence-electron chi connectivity index (χ4n) is 1.85. The van der Waals surface area contributed by atoms with E-state index < -0.39 is 5.97 Å². The van der Waals surface area contributed by atoms with Crippen LogP contribution in [0.25, 0.3) is 6.08 Å². The van der Waals surface area contributed by atoms with Gasteiger partial charge < -0.3 is 14.7 Å². The number of amides is 1. The molecule has 0 bridgehead atoms. The van der Waals surface area contributed by atoms with Gasteiger partial charge in [-0.25, -0.2) is 4.79 Å². The van der Waals surface area contributed by atoms with Gasteiger partial charge in [-0.1, -0.05) is 12.1 Å². The number of hydrogen-bond donors (Lipinski definition) is 1. The molecule has 1 fully saturated rings. The van der Waals surface area contributed by atoms with E-state index in [2.05, 4.69) is 0 Å². The lowest BCUT2D eigenvalue weighted by Gasteiger charge is -2.26. The molecule has 1 N–H and O–H groups in total. The van der Waals surface area contributed by atoms with Crippen LogP contribution in [0.4, 0.5) is 0 Å². The van der Waals surface area contributed by atoms with Gasteiger partial charge in [-0.3, -0.25) is 4.79 Å². The van der Waals surface area contributed by atoms with Crippen LogP contribution in [0.2, 0.25) is 0 Å². The summed E-state index contributed by atoms with van der Waals surface area (Å²) in [6.45, 7) is 2.37. The molecule has 0 atom stereocenters. The summed E-state index contributed by atoms with van der Waals surface area (Å²) < 4.78 is 5.20. The summed E-state index contributed by atoms with van der Waals surface area (Å²) in [6.07, 6.45) is 2.56. The fourth-order valence-corrected chi connectivity index (χ4v) is 1.85. The molecule has 1 aromatic rings. The van der Waals surface area contributed by atoms with Crippen LogP contribution < -0.4 is 0 Å². The second-order valence-corrected chi connectivity index (χ2v) is 4.20. The summed E-state index contributed by atoms with van der Waals surface area (Å²) in [5.74, 6) is -1.01. The molecule has 1 aliphatic rings. The zero-order valence-electron chi connectivity index (χ0n) is 10.4. The molecule has 19 heavy (non-hydrogen) atoms. The number of carbonyl (C=O) groups excluding carboxylic acids is 1. The number of carboxylic acids is 1. The van der Waals surface area contributed by atoms with E-state index >= 15 is 0 Å². The van der Waals surface area contributed by atoms with Crippen LogP contribution in [0.5, 0.6) is 0 Å². The topological polar surface area (TPSA) is 66.8 Å². The first-order chi connectivity index (χ1) is 9.16. The molecule has 1 aromatic carbocycles. The minimum absolute atomic E-state index is 0.0166. The standard InChI is InChI=1S/C14H15NO4/c16-13(17)6-3-11-1-4-12(5-2-11)14(18)15-7-9-19-10-8-15/h1-6H,7-10H2,(H,16,17). The van der Waals surface area contributed by atoms with Crippen molar-refractivity contribution in [3.8, 4) is 0 Å². The Morgan fingerprint density at radius 1 is 1.16 bits per heavy atom. The molecular formula is C14H15NO4. The highest BCUT2D eigenvalue weighted by atomic mass is 16.5. The summed E-state index contributed by atoms with van der Waals surface area (Å²) in [6, 6.07) is 6.87. The van der Waals surface area contributed by atoms with Crippen molar-refractivity contribution in [3.63, 3.8) is 0 Å². The number of aliphatic carboxylic acids is 1. The first-order valence-corrected chi connectivity index (χ1v) is 6.05. The van der Waals surface area contributed by atoms with Gasteiger partial charge in [0.25, 0.3) is 5.91 Å². The van der Waals surface area contributed by atoms with Crippen LogP contribution in [0.3, 0.4) is 0 Å². The van der Waals surface area contributed by atoms with E-state index in [1.165, 1.54) is 6.08 Å². The van der Waals surface area contributed by atoms with Crippen LogP contribution in [0.1, 0.15) is 15.9 Å². The minimum Gasteiger partial charge on any atom is -0.478 e. The normalized spacial score (nSPS) is 15.7. The minimum atomic E-state index is -0.992. The summed E-state index contributed by atoms with van der Waals surface area (Å²) in [4.78, 5) is 24.3. The van der Waals surface area contributed by atoms with Crippen molar-refractivity contribution in [1.82, 2.24) is 4.90 Å². The van der Waals surface area contributed by atoms with E-state index in [-0.39, 0.29) is 5.91 Å². The van der Waals surface area contributed by atoms with Gasteiger partial charge in [0.2, 0.25) is 0 Å². The van der Waals surface area contributed by atoms with Crippen molar-refractivity contribution in [3.05, 3.63) is 41.5 Å². The summed E-state index contributed by atoms with van der Waals surface area (Å²) in [5.41, 5.74) is 1.36. The predicted octanol–water partition coefficient (Wildman–Crippen LogP) is 1.26. The molecule has 5 heteroatoms. The monoisotopic (exact) mass is 261 g/mol. The number of ether oxygens (including phenoxy) is 1. The molecule has 0 aromatic heterocycles. The molecule has 0 aliphatic carbocycles. The lowest BCUT2D eigenvalue weighted by Crippen LogP contribution is -2.40. The Balaban J connectivity index is 2.05. The fraction of sp³-hybridized carbons (Fsp3) is 0.286. The van der Waals surface area contributed by atoms with Gasteiger partial charge in [0.15, 0.2) is 0 Å². The van der Waals surface area contributed by atoms with Gasteiger partial charge in [0.05, 0.1) is 13.2 Å². The van der Waals surface area contributed by atoms with Gasteiger partial charge in [-0.05, 0) is 23.8 Å². The number of carbonyl (C=O) groups is 2. The first-order valence-electron chi connectivity index (χ1n) is 6.05. The van der Waals surface area contributed by atoms with Gasteiger partial charge in [0.1, 0.15) is 0 Å². The average molecular weight is 261 g/mol. The second kappa shape index (κ2) is 6.15. The Bertz CT molecular complexity index is 487. The molecule has 0 radical (unpaired) electrons. The van der Waals surface area contributed by atoms with E-state index in [4.69, 9.17) is 9.84 Å². The molecule has 2 rings (SSSR count). The van der Waals surface area contributed by atoms with E-state index in [1.807, 2.05) is 0 Å². The van der Waals surface area contributed by atoms with Gasteiger partial charge in [-0.15, -0.1) is 0 Å². The Morgan fingerprint density at radius 3 is 2.37 bits per heavy atom. The van der Waals surface area contributed by atoms with Gasteiger partial charge in [0, 0.05) is 24.7 Å². The summed E-state index contributed by atoms with van der Waals surface area (Å²) >= 11 is 0. The Hall–Kier alpha value is -2.14. The van der Waals surface area contributed by atoms with Crippen LogP contribution >= 0.6 is 0 Å². The zero-order chi connectivity index (χ0) is 13.7. The van der Waals surface area contributed by atoms with E-state index in [9.17, 15) is 9.59 Å². The first kappa shape index (κ1) is 13.3. The lowest BCUT2D eigenvalue weighted by molar-refractivity contribution is -0.131. The molecule has 100 valence electrons. The molecule has 0 unspecified atom stereocenters. The highest BCUT2D eigenvalue weighted by molar-refractivity contribution is 5.94. The van der Waals surface area contributed by atoms with Crippen molar-refractivity contribution in [2.75, 3.05) is 26.3 Å². The van der Waals surface area contributed by atoms with Crippen molar-refractivity contribution < 1.29 is 19.4 Å². The highest BCUT2D eigenvalue weighted by Crippen LogP contribution is 2.10. The maximum Gasteiger partial charge on any atom is 0.328 e. The number of benzene rings is 1. The van der Waals surface area contributed by atoms with Crippen molar-refractivity contribution >= 4 is 18.0 Å². The maximum atomic E-state index is 12.1. The lowest BCUT2D eigenvalue weighted by atomic mass is 10.1. The third-order valence-electron chi connectivity index (χ3n) is 2.87. The van der Waals surface area contributed by atoms with Crippen LogP contribution in [-0.4, -0.2) is 48.2 Å². The summed E-state index contributed by atoms with van der Waals surface area (Å²) in [5, 5.41) is 8.53.